The third-order valence-corrected chi connectivity index (χ3v) is 3.83. The first kappa shape index (κ1) is 13.0. The van der Waals surface area contributed by atoms with E-state index in [0.717, 1.165) is 5.69 Å². The Morgan fingerprint density at radius 2 is 1.72 bits per heavy atom. The minimum absolute atomic E-state index is 0.534. The zero-order valence-corrected chi connectivity index (χ0v) is 12.0. The first-order valence-electron chi connectivity index (χ1n) is 5.95. The van der Waals surface area contributed by atoms with Gasteiger partial charge in [0, 0.05) is 0 Å². The van der Waals surface area contributed by atoms with Crippen LogP contribution in [0.1, 0.15) is 27.9 Å². The van der Waals surface area contributed by atoms with E-state index in [4.69, 9.17) is 17.3 Å². The highest BCUT2D eigenvalue weighted by atomic mass is 35.5. The summed E-state index contributed by atoms with van der Waals surface area (Å²) in [4.78, 5) is 0. The number of benzene rings is 1. The Kier molecular flexibility index (Phi) is 3.35. The largest absolute Gasteiger partial charge is 0.383 e. The van der Waals surface area contributed by atoms with Gasteiger partial charge in [-0.2, -0.15) is 5.10 Å². The normalized spacial score (nSPS) is 10.9. The van der Waals surface area contributed by atoms with Crippen LogP contribution in [0, 0.1) is 27.7 Å². The third kappa shape index (κ3) is 2.23. The number of nitrogens with zero attached hydrogens (tertiary/aromatic N) is 2. The second-order valence-electron chi connectivity index (χ2n) is 4.81. The number of nitrogens with two attached hydrogens (primary N) is 1. The molecule has 3 nitrogen and oxygen atoms in total. The predicted molar refractivity (Wildman–Crippen MR) is 76.1 cm³/mol. The van der Waals surface area contributed by atoms with Crippen LogP contribution in [0.25, 0.3) is 0 Å². The zero-order valence-electron chi connectivity index (χ0n) is 11.2. The van der Waals surface area contributed by atoms with Crippen molar-refractivity contribution < 1.29 is 0 Å². The van der Waals surface area contributed by atoms with E-state index >= 15 is 0 Å². The van der Waals surface area contributed by atoms with Crippen molar-refractivity contribution >= 4 is 17.4 Å². The molecule has 96 valence electrons. The highest BCUT2D eigenvalue weighted by Crippen LogP contribution is 2.24. The molecule has 0 fully saturated rings. The van der Waals surface area contributed by atoms with Gasteiger partial charge in [0.25, 0.3) is 0 Å². The molecular weight excluding hydrogens is 246 g/mol. The molecule has 0 bridgehead atoms. The number of halogens is 1. The van der Waals surface area contributed by atoms with Crippen molar-refractivity contribution in [2.24, 2.45) is 0 Å². The summed E-state index contributed by atoms with van der Waals surface area (Å²) >= 11 is 6.05. The van der Waals surface area contributed by atoms with Crippen LogP contribution in [0.5, 0.6) is 0 Å². The monoisotopic (exact) mass is 263 g/mol. The molecule has 0 unspecified atom stereocenters. The number of rotatable bonds is 2. The van der Waals surface area contributed by atoms with Gasteiger partial charge in [-0.3, -0.25) is 0 Å². The fourth-order valence-electron chi connectivity index (χ4n) is 2.05. The van der Waals surface area contributed by atoms with Crippen LogP contribution >= 0.6 is 11.6 Å². The number of anilines is 1. The summed E-state index contributed by atoms with van der Waals surface area (Å²) < 4.78 is 1.76. The Morgan fingerprint density at radius 1 is 1.11 bits per heavy atom. The molecule has 0 amide bonds. The van der Waals surface area contributed by atoms with Gasteiger partial charge in [-0.05, 0) is 49.9 Å². The summed E-state index contributed by atoms with van der Waals surface area (Å²) in [5.74, 6) is 0.534. The van der Waals surface area contributed by atoms with Crippen molar-refractivity contribution in [2.75, 3.05) is 5.73 Å². The van der Waals surface area contributed by atoms with Crippen LogP contribution in [-0.2, 0) is 6.54 Å². The number of aryl methyl sites for hydroxylation is 4. The van der Waals surface area contributed by atoms with Crippen LogP contribution in [0.2, 0.25) is 5.02 Å². The lowest BCUT2D eigenvalue weighted by Gasteiger charge is -2.11. The molecule has 0 aliphatic rings. The van der Waals surface area contributed by atoms with Crippen LogP contribution in [0.4, 0.5) is 5.82 Å². The highest BCUT2D eigenvalue weighted by Gasteiger charge is 2.11. The molecular formula is C14H18ClN3. The van der Waals surface area contributed by atoms with Crippen molar-refractivity contribution in [3.05, 3.63) is 45.1 Å². The van der Waals surface area contributed by atoms with Crippen LogP contribution in [0.15, 0.2) is 12.1 Å². The first-order valence-corrected chi connectivity index (χ1v) is 6.33. The van der Waals surface area contributed by atoms with Crippen molar-refractivity contribution in [1.82, 2.24) is 9.78 Å². The van der Waals surface area contributed by atoms with Crippen molar-refractivity contribution in [2.45, 2.75) is 34.2 Å². The number of aromatic nitrogens is 2. The molecule has 0 spiro atoms. The summed E-state index contributed by atoms with van der Waals surface area (Å²) in [6, 6.07) is 4.38. The molecule has 2 rings (SSSR count). The molecule has 0 radical (unpaired) electrons. The minimum Gasteiger partial charge on any atom is -0.383 e. The van der Waals surface area contributed by atoms with Gasteiger partial charge >= 0.3 is 0 Å². The Balaban J connectivity index is 2.40. The molecule has 18 heavy (non-hydrogen) atoms. The molecule has 1 aromatic carbocycles. The fraction of sp³-hybridized carbons (Fsp3) is 0.357. The fourth-order valence-corrected chi connectivity index (χ4v) is 2.19. The lowest BCUT2D eigenvalue weighted by Crippen LogP contribution is -2.07. The van der Waals surface area contributed by atoms with E-state index in [2.05, 4.69) is 38.0 Å². The third-order valence-electron chi connectivity index (χ3n) is 3.36. The number of hydrogen-bond acceptors (Lipinski definition) is 2. The van der Waals surface area contributed by atoms with E-state index in [0.29, 0.717) is 17.4 Å². The van der Waals surface area contributed by atoms with E-state index in [1.54, 1.807) is 4.68 Å². The van der Waals surface area contributed by atoms with Gasteiger partial charge in [-0.1, -0.05) is 23.7 Å². The minimum atomic E-state index is 0.534. The van der Waals surface area contributed by atoms with Crippen molar-refractivity contribution in [3.8, 4) is 0 Å². The number of nitrogen functional groups attached to an aromatic ring is 1. The van der Waals surface area contributed by atoms with E-state index in [1.165, 1.54) is 22.3 Å². The molecule has 0 saturated carbocycles. The summed E-state index contributed by atoms with van der Waals surface area (Å²) in [5.41, 5.74) is 11.8. The maximum atomic E-state index is 6.05. The highest BCUT2D eigenvalue weighted by molar-refractivity contribution is 6.33. The van der Waals surface area contributed by atoms with Crippen LogP contribution in [-0.4, -0.2) is 9.78 Å². The molecule has 0 aliphatic heterocycles. The zero-order chi connectivity index (χ0) is 13.4. The second kappa shape index (κ2) is 4.65. The summed E-state index contributed by atoms with van der Waals surface area (Å²) in [5, 5.41) is 4.91. The summed E-state index contributed by atoms with van der Waals surface area (Å²) in [6.07, 6.45) is 0. The van der Waals surface area contributed by atoms with E-state index < -0.39 is 0 Å². The average Bonchev–Trinajstić information content (AvgIpc) is 2.54. The van der Waals surface area contributed by atoms with E-state index in [9.17, 15) is 0 Å². The Hall–Kier alpha value is -1.48. The van der Waals surface area contributed by atoms with Crippen LogP contribution < -0.4 is 5.73 Å². The Morgan fingerprint density at radius 3 is 2.28 bits per heavy atom. The van der Waals surface area contributed by atoms with Crippen molar-refractivity contribution in [3.63, 3.8) is 0 Å². The van der Waals surface area contributed by atoms with E-state index in [-0.39, 0.29) is 0 Å². The molecule has 0 atom stereocenters. The van der Waals surface area contributed by atoms with Gasteiger partial charge in [0.1, 0.15) is 10.8 Å². The topological polar surface area (TPSA) is 43.8 Å². The van der Waals surface area contributed by atoms with Crippen LogP contribution in [0.3, 0.4) is 0 Å². The van der Waals surface area contributed by atoms with E-state index in [1.807, 2.05) is 6.92 Å². The molecule has 4 heteroatoms. The quantitative estimate of drug-likeness (QED) is 0.902. The lowest BCUT2D eigenvalue weighted by molar-refractivity contribution is 0.686. The van der Waals surface area contributed by atoms with Crippen molar-refractivity contribution in [1.29, 1.82) is 0 Å². The number of hydrogen-bond donors (Lipinski definition) is 1. The SMILES string of the molecule is Cc1cc(C)c(Cn2nc(C)c(Cl)c2N)cc1C. The predicted octanol–water partition coefficient (Wildman–Crippen LogP) is 3.40. The molecule has 1 heterocycles. The maximum absolute atomic E-state index is 6.05. The van der Waals surface area contributed by atoms with Gasteiger partial charge in [0.15, 0.2) is 0 Å². The molecule has 2 N–H and O–H groups in total. The Bertz CT molecular complexity index is 600. The first-order chi connectivity index (χ1) is 8.40. The standard InChI is InChI=1S/C14H18ClN3/c1-8-5-10(3)12(6-9(8)2)7-18-14(16)13(15)11(4)17-18/h5-6H,7,16H2,1-4H3. The Labute approximate surface area is 113 Å². The molecule has 2 aromatic rings. The smallest absolute Gasteiger partial charge is 0.141 e. The molecule has 1 aromatic heterocycles. The maximum Gasteiger partial charge on any atom is 0.141 e. The molecule has 0 saturated heterocycles. The summed E-state index contributed by atoms with van der Waals surface area (Å²) in [6.45, 7) is 8.86. The lowest BCUT2D eigenvalue weighted by atomic mass is 10.0. The van der Waals surface area contributed by atoms with Gasteiger partial charge in [-0.15, -0.1) is 0 Å². The van der Waals surface area contributed by atoms with Gasteiger partial charge in [0.2, 0.25) is 0 Å². The average molecular weight is 264 g/mol. The molecule has 0 aliphatic carbocycles. The van der Waals surface area contributed by atoms with Gasteiger partial charge < -0.3 is 5.73 Å². The summed E-state index contributed by atoms with van der Waals surface area (Å²) in [7, 11) is 0. The van der Waals surface area contributed by atoms with Gasteiger partial charge in [-0.25, -0.2) is 4.68 Å². The second-order valence-corrected chi connectivity index (χ2v) is 5.18. The van der Waals surface area contributed by atoms with Gasteiger partial charge in [0.05, 0.1) is 12.2 Å².